The number of rotatable bonds is 8. The average Bonchev–Trinajstić information content (AvgIpc) is 2.56. The Bertz CT molecular complexity index is 631. The van der Waals surface area contributed by atoms with E-state index in [1.807, 2.05) is 0 Å². The molecule has 0 bridgehead atoms. The van der Waals surface area contributed by atoms with Gasteiger partial charge >= 0.3 is 17.9 Å². The fourth-order valence-electron chi connectivity index (χ4n) is 1.45. The molecule has 0 saturated carbocycles. The van der Waals surface area contributed by atoms with Crippen LogP contribution in [0.25, 0.3) is 0 Å². The molecule has 1 rings (SSSR count). The molecular formula is C17H18O7. The fourth-order valence-corrected chi connectivity index (χ4v) is 1.45. The molecule has 0 aliphatic carbocycles. The van der Waals surface area contributed by atoms with Crippen molar-refractivity contribution in [2.24, 2.45) is 0 Å². The maximum atomic E-state index is 11.9. The second-order valence-electron chi connectivity index (χ2n) is 4.79. The summed E-state index contributed by atoms with van der Waals surface area (Å²) in [7, 11) is 0. The number of phenolic OH excluding ortho intramolecular Hbond substituents is 1. The Kier molecular flexibility index (Phi) is 7.22. The van der Waals surface area contributed by atoms with Crippen molar-refractivity contribution in [2.75, 3.05) is 13.2 Å². The second-order valence-corrected chi connectivity index (χ2v) is 4.79. The SMILES string of the molecule is C=CC(=O)OCC(COC(=O)c1ccc(O)cc1)OC(=O)C(=C)C. The lowest BCUT2D eigenvalue weighted by Gasteiger charge is -2.17. The van der Waals surface area contributed by atoms with Crippen LogP contribution in [0.1, 0.15) is 17.3 Å². The van der Waals surface area contributed by atoms with Crippen LogP contribution >= 0.6 is 0 Å². The number of hydrogen-bond donors (Lipinski definition) is 1. The molecule has 1 aromatic rings. The molecular weight excluding hydrogens is 316 g/mol. The Morgan fingerprint density at radius 2 is 1.75 bits per heavy atom. The quantitative estimate of drug-likeness (QED) is 0.439. The van der Waals surface area contributed by atoms with Gasteiger partial charge < -0.3 is 19.3 Å². The van der Waals surface area contributed by atoms with Crippen LogP contribution in [0.4, 0.5) is 0 Å². The summed E-state index contributed by atoms with van der Waals surface area (Å²) in [6.07, 6.45) is -0.0285. The first-order valence-electron chi connectivity index (χ1n) is 6.95. The Labute approximate surface area is 139 Å². The summed E-state index contributed by atoms with van der Waals surface area (Å²) >= 11 is 0. The predicted octanol–water partition coefficient (Wildman–Crippen LogP) is 1.77. The highest BCUT2D eigenvalue weighted by Crippen LogP contribution is 2.11. The van der Waals surface area contributed by atoms with E-state index in [1.54, 1.807) is 0 Å². The first-order valence-corrected chi connectivity index (χ1v) is 6.95. The minimum Gasteiger partial charge on any atom is -0.508 e. The van der Waals surface area contributed by atoms with Gasteiger partial charge in [-0.1, -0.05) is 13.2 Å². The van der Waals surface area contributed by atoms with E-state index in [0.717, 1.165) is 6.08 Å². The van der Waals surface area contributed by atoms with Gasteiger partial charge in [0.15, 0.2) is 6.10 Å². The second kappa shape index (κ2) is 9.14. The number of aromatic hydroxyl groups is 1. The maximum Gasteiger partial charge on any atom is 0.338 e. The molecule has 0 aromatic heterocycles. The third-order valence-corrected chi connectivity index (χ3v) is 2.70. The molecule has 1 atom stereocenters. The molecule has 1 unspecified atom stereocenters. The van der Waals surface area contributed by atoms with E-state index >= 15 is 0 Å². The van der Waals surface area contributed by atoms with E-state index in [9.17, 15) is 19.5 Å². The van der Waals surface area contributed by atoms with Crippen LogP contribution in [-0.4, -0.2) is 42.3 Å². The Hall–Kier alpha value is -3.09. The normalized spacial score (nSPS) is 11.0. The van der Waals surface area contributed by atoms with Crippen molar-refractivity contribution >= 4 is 17.9 Å². The summed E-state index contributed by atoms with van der Waals surface area (Å²) in [6, 6.07) is 5.43. The summed E-state index contributed by atoms with van der Waals surface area (Å²) in [5.74, 6) is -2.07. The summed E-state index contributed by atoms with van der Waals surface area (Å²) in [4.78, 5) is 34.6. The standard InChI is InChI=1S/C17H18O7/c1-4-15(19)22-9-14(24-16(20)11(2)3)10-23-17(21)12-5-7-13(18)8-6-12/h4-8,14,18H,1-2,9-10H2,3H3. The van der Waals surface area contributed by atoms with Crippen molar-refractivity contribution in [2.45, 2.75) is 13.0 Å². The lowest BCUT2D eigenvalue weighted by atomic mass is 10.2. The summed E-state index contributed by atoms with van der Waals surface area (Å²) in [6.45, 7) is 7.53. The number of phenols is 1. The zero-order valence-electron chi connectivity index (χ0n) is 13.2. The zero-order chi connectivity index (χ0) is 18.1. The molecule has 7 nitrogen and oxygen atoms in total. The highest BCUT2D eigenvalue weighted by molar-refractivity contribution is 5.89. The molecule has 24 heavy (non-hydrogen) atoms. The van der Waals surface area contributed by atoms with Crippen LogP contribution in [0.3, 0.4) is 0 Å². The van der Waals surface area contributed by atoms with E-state index in [0.29, 0.717) is 0 Å². The molecule has 0 spiro atoms. The average molecular weight is 334 g/mol. The number of carbonyl (C=O) groups is 3. The van der Waals surface area contributed by atoms with Gasteiger partial charge in [-0.15, -0.1) is 0 Å². The molecule has 0 fully saturated rings. The largest absolute Gasteiger partial charge is 0.508 e. The van der Waals surface area contributed by atoms with Gasteiger partial charge in [-0.05, 0) is 31.2 Å². The van der Waals surface area contributed by atoms with Gasteiger partial charge in [-0.25, -0.2) is 14.4 Å². The lowest BCUT2D eigenvalue weighted by Crippen LogP contribution is -2.30. The van der Waals surface area contributed by atoms with Crippen LogP contribution in [-0.2, 0) is 23.8 Å². The molecule has 0 amide bonds. The molecule has 128 valence electrons. The third-order valence-electron chi connectivity index (χ3n) is 2.70. The van der Waals surface area contributed by atoms with E-state index < -0.39 is 24.0 Å². The van der Waals surface area contributed by atoms with Crippen molar-refractivity contribution in [1.82, 2.24) is 0 Å². The molecule has 0 heterocycles. The van der Waals surface area contributed by atoms with Gasteiger partial charge in [0.2, 0.25) is 0 Å². The van der Waals surface area contributed by atoms with Gasteiger partial charge in [0.25, 0.3) is 0 Å². The van der Waals surface area contributed by atoms with Crippen LogP contribution in [0.2, 0.25) is 0 Å². The minimum atomic E-state index is -0.987. The van der Waals surface area contributed by atoms with Crippen molar-refractivity contribution < 1.29 is 33.7 Å². The van der Waals surface area contributed by atoms with Crippen molar-refractivity contribution in [3.05, 3.63) is 54.6 Å². The smallest absolute Gasteiger partial charge is 0.338 e. The van der Waals surface area contributed by atoms with E-state index in [2.05, 4.69) is 13.2 Å². The number of ether oxygens (including phenoxy) is 3. The van der Waals surface area contributed by atoms with Crippen molar-refractivity contribution in [3.63, 3.8) is 0 Å². The van der Waals surface area contributed by atoms with Crippen LogP contribution in [0.15, 0.2) is 49.1 Å². The summed E-state index contributed by atoms with van der Waals surface area (Å²) in [5, 5.41) is 9.18. The lowest BCUT2D eigenvalue weighted by molar-refractivity contribution is -0.155. The topological polar surface area (TPSA) is 99.1 Å². The van der Waals surface area contributed by atoms with E-state index in [-0.39, 0.29) is 30.1 Å². The molecule has 0 radical (unpaired) electrons. The first-order chi connectivity index (χ1) is 11.3. The number of carbonyl (C=O) groups excluding carboxylic acids is 3. The van der Waals surface area contributed by atoms with Gasteiger partial charge in [0.1, 0.15) is 19.0 Å². The van der Waals surface area contributed by atoms with Gasteiger partial charge in [-0.3, -0.25) is 0 Å². The minimum absolute atomic E-state index is 0.0103. The Morgan fingerprint density at radius 1 is 1.17 bits per heavy atom. The fraction of sp³-hybridized carbons (Fsp3) is 0.235. The Balaban J connectivity index is 2.65. The van der Waals surface area contributed by atoms with Crippen molar-refractivity contribution in [3.8, 4) is 5.75 Å². The highest BCUT2D eigenvalue weighted by Gasteiger charge is 2.19. The molecule has 1 aromatic carbocycles. The molecule has 0 aliphatic heterocycles. The molecule has 0 aliphatic rings. The first kappa shape index (κ1) is 19.0. The zero-order valence-corrected chi connectivity index (χ0v) is 13.2. The predicted molar refractivity (Wildman–Crippen MR) is 84.2 cm³/mol. The van der Waals surface area contributed by atoms with Crippen molar-refractivity contribution in [1.29, 1.82) is 0 Å². The number of hydrogen-bond acceptors (Lipinski definition) is 7. The van der Waals surface area contributed by atoms with E-state index in [1.165, 1.54) is 31.2 Å². The number of esters is 3. The van der Waals surface area contributed by atoms with Gasteiger partial charge in [0, 0.05) is 11.6 Å². The Morgan fingerprint density at radius 3 is 2.29 bits per heavy atom. The van der Waals surface area contributed by atoms with Crippen LogP contribution < -0.4 is 0 Å². The van der Waals surface area contributed by atoms with Crippen LogP contribution in [0, 0.1) is 0 Å². The maximum absolute atomic E-state index is 11.9. The summed E-state index contributed by atoms with van der Waals surface area (Å²) in [5.41, 5.74) is 0.362. The molecule has 0 saturated heterocycles. The van der Waals surface area contributed by atoms with Gasteiger partial charge in [-0.2, -0.15) is 0 Å². The molecule has 1 N–H and O–H groups in total. The summed E-state index contributed by atoms with van der Waals surface area (Å²) < 4.78 is 14.9. The van der Waals surface area contributed by atoms with E-state index in [4.69, 9.17) is 14.2 Å². The van der Waals surface area contributed by atoms with Gasteiger partial charge in [0.05, 0.1) is 5.56 Å². The molecule has 7 heteroatoms. The van der Waals surface area contributed by atoms with Crippen LogP contribution in [0.5, 0.6) is 5.75 Å². The monoisotopic (exact) mass is 334 g/mol. The highest BCUT2D eigenvalue weighted by atomic mass is 16.6. The third kappa shape index (κ3) is 6.35. The number of benzene rings is 1.